The molecule has 2 aliphatic rings. The lowest BCUT2D eigenvalue weighted by Crippen LogP contribution is -2.27. The molecule has 10 heavy (non-hydrogen) atoms. The minimum atomic E-state index is 0.0381. The highest BCUT2D eigenvalue weighted by atomic mass is 16.3. The molecule has 0 saturated heterocycles. The van der Waals surface area contributed by atoms with Crippen molar-refractivity contribution in [3.05, 3.63) is 0 Å². The van der Waals surface area contributed by atoms with Crippen LogP contribution in [0.25, 0.3) is 0 Å². The van der Waals surface area contributed by atoms with Gasteiger partial charge in [-0.3, -0.25) is 0 Å². The van der Waals surface area contributed by atoms with Gasteiger partial charge in [-0.25, -0.2) is 0 Å². The molecule has 0 aliphatic heterocycles. The summed E-state index contributed by atoms with van der Waals surface area (Å²) in [6.07, 6.45) is 2.41. The quantitative estimate of drug-likeness (QED) is 0.542. The van der Waals surface area contributed by atoms with Crippen LogP contribution in [0.2, 0.25) is 0 Å². The van der Waals surface area contributed by atoms with Crippen LogP contribution in [0.4, 0.5) is 0 Å². The summed E-state index contributed by atoms with van der Waals surface area (Å²) in [5.74, 6) is 3.12. The van der Waals surface area contributed by atoms with Crippen molar-refractivity contribution >= 4 is 0 Å². The Morgan fingerprint density at radius 1 is 1.10 bits per heavy atom. The van der Waals surface area contributed by atoms with E-state index in [1.165, 1.54) is 6.42 Å². The minimum Gasteiger partial charge on any atom is -0.393 e. The van der Waals surface area contributed by atoms with Gasteiger partial charge in [0.15, 0.2) is 0 Å². The SMILES string of the molecule is C[C@@H]1[C@@H](C)[C@H]2C[C@@H]1[C@@H](O)C2. The van der Waals surface area contributed by atoms with Crippen molar-refractivity contribution < 1.29 is 5.11 Å². The fourth-order valence-electron chi connectivity index (χ4n) is 2.90. The van der Waals surface area contributed by atoms with Crippen LogP contribution in [-0.4, -0.2) is 11.2 Å². The van der Waals surface area contributed by atoms with Gasteiger partial charge in [0.25, 0.3) is 0 Å². The Balaban J connectivity index is 2.16. The van der Waals surface area contributed by atoms with E-state index in [1.807, 2.05) is 0 Å². The molecule has 0 unspecified atom stereocenters. The van der Waals surface area contributed by atoms with Crippen LogP contribution < -0.4 is 0 Å². The summed E-state index contributed by atoms with van der Waals surface area (Å²) < 4.78 is 0. The van der Waals surface area contributed by atoms with Gasteiger partial charge in [0.1, 0.15) is 0 Å². The van der Waals surface area contributed by atoms with Gasteiger partial charge in [0.2, 0.25) is 0 Å². The minimum absolute atomic E-state index is 0.0381. The smallest absolute Gasteiger partial charge is 0.0573 e. The first-order chi connectivity index (χ1) is 4.70. The van der Waals surface area contributed by atoms with Gasteiger partial charge in [0, 0.05) is 0 Å². The number of rotatable bonds is 0. The van der Waals surface area contributed by atoms with E-state index in [0.717, 1.165) is 24.2 Å². The number of hydrogen-bond acceptors (Lipinski definition) is 1. The van der Waals surface area contributed by atoms with Crippen molar-refractivity contribution in [2.75, 3.05) is 0 Å². The molecule has 0 radical (unpaired) electrons. The van der Waals surface area contributed by atoms with E-state index in [-0.39, 0.29) is 6.10 Å². The summed E-state index contributed by atoms with van der Waals surface area (Å²) in [5.41, 5.74) is 0. The second kappa shape index (κ2) is 1.97. The van der Waals surface area contributed by atoms with Gasteiger partial charge < -0.3 is 5.11 Å². The summed E-state index contributed by atoms with van der Waals surface area (Å²) >= 11 is 0. The van der Waals surface area contributed by atoms with Crippen molar-refractivity contribution in [1.29, 1.82) is 0 Å². The molecule has 1 heteroatoms. The van der Waals surface area contributed by atoms with E-state index in [9.17, 15) is 5.11 Å². The summed E-state index contributed by atoms with van der Waals surface area (Å²) in [4.78, 5) is 0. The lowest BCUT2D eigenvalue weighted by molar-refractivity contribution is 0.0645. The molecule has 0 aromatic rings. The fraction of sp³-hybridized carbons (Fsp3) is 1.00. The summed E-state index contributed by atoms with van der Waals surface area (Å²) in [6.45, 7) is 4.62. The van der Waals surface area contributed by atoms with E-state index >= 15 is 0 Å². The highest BCUT2D eigenvalue weighted by Crippen LogP contribution is 2.51. The first kappa shape index (κ1) is 6.66. The maximum atomic E-state index is 9.51. The Labute approximate surface area is 62.4 Å². The average Bonchev–Trinajstić information content (AvgIpc) is 2.36. The first-order valence-corrected chi connectivity index (χ1v) is 4.38. The van der Waals surface area contributed by atoms with Crippen LogP contribution >= 0.6 is 0 Å². The van der Waals surface area contributed by atoms with Crippen molar-refractivity contribution in [3.8, 4) is 0 Å². The third-order valence-electron chi connectivity index (χ3n) is 3.86. The summed E-state index contributed by atoms with van der Waals surface area (Å²) in [5, 5.41) is 9.51. The predicted molar refractivity (Wildman–Crippen MR) is 40.5 cm³/mol. The molecule has 0 amide bonds. The number of aliphatic hydroxyl groups is 1. The molecule has 0 spiro atoms. The monoisotopic (exact) mass is 140 g/mol. The Bertz CT molecular complexity index is 142. The van der Waals surface area contributed by atoms with Crippen LogP contribution in [0.3, 0.4) is 0 Å². The van der Waals surface area contributed by atoms with Crippen molar-refractivity contribution in [2.45, 2.75) is 32.8 Å². The van der Waals surface area contributed by atoms with E-state index in [1.54, 1.807) is 0 Å². The first-order valence-electron chi connectivity index (χ1n) is 4.38. The molecule has 1 N–H and O–H groups in total. The molecule has 0 aromatic heterocycles. The normalized spacial score (nSPS) is 59.7. The van der Waals surface area contributed by atoms with Gasteiger partial charge in [-0.05, 0) is 36.5 Å². The van der Waals surface area contributed by atoms with E-state index in [4.69, 9.17) is 0 Å². The van der Waals surface area contributed by atoms with Crippen molar-refractivity contribution in [2.24, 2.45) is 23.7 Å². The predicted octanol–water partition coefficient (Wildman–Crippen LogP) is 1.66. The Morgan fingerprint density at radius 2 is 1.80 bits per heavy atom. The molecule has 2 rings (SSSR count). The van der Waals surface area contributed by atoms with Crippen LogP contribution in [0.15, 0.2) is 0 Å². The molecule has 1 nitrogen and oxygen atoms in total. The number of aliphatic hydroxyl groups excluding tert-OH is 1. The topological polar surface area (TPSA) is 20.2 Å². The second-order valence-corrected chi connectivity index (χ2v) is 4.18. The maximum absolute atomic E-state index is 9.51. The molecular formula is C9H16O. The molecule has 0 aromatic carbocycles. The third-order valence-corrected chi connectivity index (χ3v) is 3.86. The fourth-order valence-corrected chi connectivity index (χ4v) is 2.90. The third kappa shape index (κ3) is 0.672. The Hall–Kier alpha value is -0.0400. The van der Waals surface area contributed by atoms with Crippen LogP contribution in [0.1, 0.15) is 26.7 Å². The van der Waals surface area contributed by atoms with Gasteiger partial charge >= 0.3 is 0 Å². The maximum Gasteiger partial charge on any atom is 0.0573 e. The zero-order valence-electron chi connectivity index (χ0n) is 6.75. The molecule has 2 bridgehead atoms. The van der Waals surface area contributed by atoms with Crippen LogP contribution in [0.5, 0.6) is 0 Å². The molecule has 0 heterocycles. The average molecular weight is 140 g/mol. The van der Waals surface area contributed by atoms with Gasteiger partial charge in [-0.2, -0.15) is 0 Å². The zero-order chi connectivity index (χ0) is 7.30. The molecule has 2 saturated carbocycles. The largest absolute Gasteiger partial charge is 0.393 e. The molecule has 2 aliphatic carbocycles. The Morgan fingerprint density at radius 3 is 2.20 bits per heavy atom. The summed E-state index contributed by atoms with van der Waals surface area (Å²) in [7, 11) is 0. The second-order valence-electron chi connectivity index (χ2n) is 4.18. The van der Waals surface area contributed by atoms with Crippen LogP contribution in [-0.2, 0) is 0 Å². The summed E-state index contributed by atoms with van der Waals surface area (Å²) in [6, 6.07) is 0. The Kier molecular flexibility index (Phi) is 1.31. The molecule has 5 atom stereocenters. The molecular weight excluding hydrogens is 124 g/mol. The van der Waals surface area contributed by atoms with Crippen LogP contribution in [0, 0.1) is 23.7 Å². The highest BCUT2D eigenvalue weighted by molar-refractivity contribution is 4.97. The lowest BCUT2D eigenvalue weighted by atomic mass is 9.80. The van der Waals surface area contributed by atoms with Gasteiger partial charge in [0.05, 0.1) is 6.10 Å². The number of hydrogen-bond donors (Lipinski definition) is 1. The molecule has 58 valence electrons. The lowest BCUT2D eigenvalue weighted by Gasteiger charge is -2.28. The highest BCUT2D eigenvalue weighted by Gasteiger charge is 2.47. The van der Waals surface area contributed by atoms with E-state index < -0.39 is 0 Å². The van der Waals surface area contributed by atoms with E-state index in [0.29, 0.717) is 5.92 Å². The standard InChI is InChI=1S/C9H16O/c1-5-6(2)8-3-7(5)4-9(8)10/h5-10H,3-4H2,1-2H3/t5-,6-,7+,8+,9+/m1/s1. The van der Waals surface area contributed by atoms with Gasteiger partial charge in [-0.15, -0.1) is 0 Å². The van der Waals surface area contributed by atoms with Gasteiger partial charge in [-0.1, -0.05) is 13.8 Å². The molecule has 2 fully saturated rings. The van der Waals surface area contributed by atoms with Crippen molar-refractivity contribution in [3.63, 3.8) is 0 Å². The van der Waals surface area contributed by atoms with Crippen molar-refractivity contribution in [1.82, 2.24) is 0 Å². The zero-order valence-corrected chi connectivity index (χ0v) is 6.75. The van der Waals surface area contributed by atoms with E-state index in [2.05, 4.69) is 13.8 Å². The number of fused-ring (bicyclic) bond motifs is 2.